The van der Waals surface area contributed by atoms with Crippen LogP contribution in [0, 0.1) is 18.6 Å². The molecule has 3 aromatic rings. The molecule has 1 aliphatic heterocycles. The largest absolute Gasteiger partial charge is 0.280 e. The summed E-state index contributed by atoms with van der Waals surface area (Å²) < 4.78 is 4.53. The van der Waals surface area contributed by atoms with Crippen LogP contribution in [0.4, 0.5) is 0 Å². The lowest BCUT2D eigenvalue weighted by molar-refractivity contribution is 0.226. The van der Waals surface area contributed by atoms with Gasteiger partial charge in [-0.15, -0.1) is 5.10 Å². The Balaban J connectivity index is 1.55. The first kappa shape index (κ1) is 16.2. The van der Waals surface area contributed by atoms with Gasteiger partial charge < -0.3 is 0 Å². The highest BCUT2D eigenvalue weighted by Crippen LogP contribution is 2.22. The lowest BCUT2D eigenvalue weighted by atomic mass is 10.00. The summed E-state index contributed by atoms with van der Waals surface area (Å²) in [4.78, 5) is 6.85. The van der Waals surface area contributed by atoms with Crippen molar-refractivity contribution in [3.63, 3.8) is 0 Å². The van der Waals surface area contributed by atoms with Crippen molar-refractivity contribution in [1.82, 2.24) is 24.1 Å². The maximum absolute atomic E-state index is 5.61. The van der Waals surface area contributed by atoms with Gasteiger partial charge in [0, 0.05) is 24.5 Å². The van der Waals surface area contributed by atoms with Crippen LogP contribution < -0.4 is 0 Å². The average Bonchev–Trinajstić information content (AvgIpc) is 2.92. The van der Waals surface area contributed by atoms with Gasteiger partial charge in [0.1, 0.15) is 0 Å². The Morgan fingerprint density at radius 3 is 2.68 bits per heavy atom. The predicted molar refractivity (Wildman–Crippen MR) is 102 cm³/mol. The van der Waals surface area contributed by atoms with E-state index in [0.29, 0.717) is 17.2 Å². The van der Waals surface area contributed by atoms with Gasteiger partial charge in [0.15, 0.2) is 0 Å². The number of fused-ring (bicyclic) bond motifs is 1. The molecule has 3 heterocycles. The molecule has 0 radical (unpaired) electrons. The van der Waals surface area contributed by atoms with Gasteiger partial charge >= 0.3 is 0 Å². The highest BCUT2D eigenvalue weighted by molar-refractivity contribution is 7.71. The second-order valence-electron chi connectivity index (χ2n) is 6.52. The molecule has 1 aliphatic rings. The molecule has 4 rings (SSSR count). The van der Waals surface area contributed by atoms with Crippen LogP contribution in [-0.2, 0) is 6.67 Å². The predicted octanol–water partition coefficient (Wildman–Crippen LogP) is 3.62. The van der Waals surface area contributed by atoms with Gasteiger partial charge in [-0.2, -0.15) is 0 Å². The van der Waals surface area contributed by atoms with Crippen LogP contribution in [0.1, 0.15) is 23.4 Å². The van der Waals surface area contributed by atoms with Crippen molar-refractivity contribution in [2.45, 2.75) is 26.9 Å². The number of nitrogens with zero attached hydrogens (tertiary/aromatic N) is 5. The fourth-order valence-electron chi connectivity index (χ4n) is 3.37. The molecule has 2 aromatic heterocycles. The third-order valence-electron chi connectivity index (χ3n) is 4.64. The molecule has 0 saturated heterocycles. The molecule has 0 atom stereocenters. The van der Waals surface area contributed by atoms with Gasteiger partial charge in [-0.05, 0) is 49.7 Å². The number of benzene rings is 1. The van der Waals surface area contributed by atoms with Crippen LogP contribution in [0.2, 0.25) is 0 Å². The SMILES string of the molecule is Cc1cc(C)n2c(=S)n(CN3CC=C(c4ccccc4)CC3)nc2n1. The Bertz CT molecular complexity index is 1000. The maximum atomic E-state index is 5.61. The fourth-order valence-corrected chi connectivity index (χ4v) is 3.69. The lowest BCUT2D eigenvalue weighted by Gasteiger charge is -2.26. The van der Waals surface area contributed by atoms with Gasteiger partial charge in [0.05, 0.1) is 6.67 Å². The van der Waals surface area contributed by atoms with Crippen LogP contribution >= 0.6 is 12.2 Å². The van der Waals surface area contributed by atoms with Crippen LogP contribution in [0.3, 0.4) is 0 Å². The Morgan fingerprint density at radius 1 is 1.16 bits per heavy atom. The highest BCUT2D eigenvalue weighted by atomic mass is 32.1. The molecule has 0 unspecified atom stereocenters. The van der Waals surface area contributed by atoms with E-state index >= 15 is 0 Å². The van der Waals surface area contributed by atoms with Gasteiger partial charge in [0.25, 0.3) is 5.78 Å². The van der Waals surface area contributed by atoms with E-state index < -0.39 is 0 Å². The van der Waals surface area contributed by atoms with Crippen molar-refractivity contribution in [3.8, 4) is 0 Å². The molecule has 1 aromatic carbocycles. The minimum Gasteiger partial charge on any atom is -0.280 e. The molecule has 0 N–H and O–H groups in total. The number of aryl methyl sites for hydroxylation is 2. The first-order valence-corrected chi connectivity index (χ1v) is 8.93. The van der Waals surface area contributed by atoms with Gasteiger partial charge in [0.2, 0.25) is 4.77 Å². The summed E-state index contributed by atoms with van der Waals surface area (Å²) in [5, 5.41) is 4.61. The Morgan fingerprint density at radius 2 is 1.96 bits per heavy atom. The van der Waals surface area contributed by atoms with Crippen LogP contribution in [0.25, 0.3) is 11.4 Å². The monoisotopic (exact) mass is 351 g/mol. The summed E-state index contributed by atoms with van der Waals surface area (Å²) in [7, 11) is 0. The zero-order valence-corrected chi connectivity index (χ0v) is 15.3. The smallest absolute Gasteiger partial charge is 0.254 e. The first-order valence-electron chi connectivity index (χ1n) is 8.52. The molecule has 6 heteroatoms. The molecule has 0 bridgehead atoms. The summed E-state index contributed by atoms with van der Waals surface area (Å²) in [6, 6.07) is 12.6. The zero-order valence-electron chi connectivity index (χ0n) is 14.5. The number of aromatic nitrogens is 4. The summed E-state index contributed by atoms with van der Waals surface area (Å²) >= 11 is 5.61. The molecule has 0 saturated carbocycles. The number of hydrogen-bond donors (Lipinski definition) is 0. The third kappa shape index (κ3) is 3.15. The Hall–Kier alpha value is -2.31. The molecular formula is C19H21N5S. The minimum atomic E-state index is 0.681. The van der Waals surface area contributed by atoms with Gasteiger partial charge in [-0.25, -0.2) is 9.67 Å². The minimum absolute atomic E-state index is 0.681. The third-order valence-corrected chi connectivity index (χ3v) is 5.03. The van der Waals surface area contributed by atoms with E-state index in [1.54, 1.807) is 0 Å². The molecule has 0 spiro atoms. The van der Waals surface area contributed by atoms with Crippen molar-refractivity contribution in [3.05, 3.63) is 64.2 Å². The second kappa shape index (κ2) is 6.54. The fraction of sp³-hybridized carbons (Fsp3) is 0.316. The van der Waals surface area contributed by atoms with E-state index in [-0.39, 0.29) is 0 Å². The van der Waals surface area contributed by atoms with Crippen molar-refractivity contribution in [1.29, 1.82) is 0 Å². The summed E-state index contributed by atoms with van der Waals surface area (Å²) in [5.41, 5.74) is 4.78. The summed E-state index contributed by atoms with van der Waals surface area (Å²) in [5.74, 6) is 0.681. The Kier molecular flexibility index (Phi) is 4.23. The Labute approximate surface area is 152 Å². The van der Waals surface area contributed by atoms with Crippen molar-refractivity contribution in [2.24, 2.45) is 0 Å². The van der Waals surface area contributed by atoms with E-state index in [1.807, 2.05) is 29.0 Å². The lowest BCUT2D eigenvalue weighted by Crippen LogP contribution is -2.31. The first-order chi connectivity index (χ1) is 12.1. The molecule has 0 aliphatic carbocycles. The standard InChI is InChI=1S/C19H21N5S/c1-14-12-15(2)24-18(20-14)21-23(19(24)25)13-22-10-8-17(9-11-22)16-6-4-3-5-7-16/h3-8,12H,9-11,13H2,1-2H3. The number of hydrogen-bond acceptors (Lipinski definition) is 4. The maximum Gasteiger partial charge on any atom is 0.254 e. The van der Waals surface area contributed by atoms with E-state index in [2.05, 4.69) is 51.4 Å². The van der Waals surface area contributed by atoms with Crippen molar-refractivity contribution >= 4 is 23.6 Å². The van der Waals surface area contributed by atoms with E-state index in [9.17, 15) is 0 Å². The van der Waals surface area contributed by atoms with E-state index in [1.165, 1.54) is 11.1 Å². The normalized spacial score (nSPS) is 15.5. The average molecular weight is 351 g/mol. The molecule has 0 fully saturated rings. The van der Waals surface area contributed by atoms with Gasteiger partial charge in [-0.1, -0.05) is 36.4 Å². The molecule has 25 heavy (non-hydrogen) atoms. The molecule has 0 amide bonds. The summed E-state index contributed by atoms with van der Waals surface area (Å²) in [6.07, 6.45) is 3.35. The van der Waals surface area contributed by atoms with Crippen LogP contribution in [-0.4, -0.2) is 37.2 Å². The quantitative estimate of drug-likeness (QED) is 0.676. The van der Waals surface area contributed by atoms with Gasteiger partial charge in [-0.3, -0.25) is 9.30 Å². The zero-order chi connectivity index (χ0) is 17.4. The van der Waals surface area contributed by atoms with E-state index in [0.717, 1.165) is 30.9 Å². The topological polar surface area (TPSA) is 38.4 Å². The van der Waals surface area contributed by atoms with Crippen LogP contribution in [0.15, 0.2) is 42.5 Å². The van der Waals surface area contributed by atoms with Crippen molar-refractivity contribution < 1.29 is 0 Å². The molecule has 5 nitrogen and oxygen atoms in total. The second-order valence-corrected chi connectivity index (χ2v) is 6.89. The van der Waals surface area contributed by atoms with Crippen molar-refractivity contribution in [2.75, 3.05) is 13.1 Å². The van der Waals surface area contributed by atoms with E-state index in [4.69, 9.17) is 12.2 Å². The summed E-state index contributed by atoms with van der Waals surface area (Å²) in [6.45, 7) is 6.63. The number of rotatable bonds is 3. The molecule has 128 valence electrons. The van der Waals surface area contributed by atoms with Crippen LogP contribution in [0.5, 0.6) is 0 Å². The molecular weight excluding hydrogens is 330 g/mol. The highest BCUT2D eigenvalue weighted by Gasteiger charge is 2.15.